The number of hydrazine groups is 1. The van der Waals surface area contributed by atoms with Gasteiger partial charge in [0.15, 0.2) is 0 Å². The van der Waals surface area contributed by atoms with E-state index < -0.39 is 0 Å². The van der Waals surface area contributed by atoms with E-state index >= 15 is 0 Å². The minimum Gasteiger partial charge on any atom is -0.377 e. The van der Waals surface area contributed by atoms with Crippen LogP contribution < -0.4 is 11.3 Å². The lowest BCUT2D eigenvalue weighted by molar-refractivity contribution is 0.0565. The normalized spacial score (nSPS) is 24.9. The number of nitrogens with one attached hydrogen (secondary N) is 1. The summed E-state index contributed by atoms with van der Waals surface area (Å²) in [4.78, 5) is 0. The van der Waals surface area contributed by atoms with Crippen molar-refractivity contribution < 1.29 is 4.74 Å². The monoisotopic (exact) mass is 234 g/mol. The second-order valence-electron chi connectivity index (χ2n) is 5.07. The van der Waals surface area contributed by atoms with Crippen molar-refractivity contribution in [1.29, 1.82) is 0 Å². The molecule has 3 atom stereocenters. The molecule has 3 nitrogen and oxygen atoms in total. The molecule has 2 rings (SSSR count). The van der Waals surface area contributed by atoms with Crippen molar-refractivity contribution in [1.82, 2.24) is 5.43 Å². The molecule has 1 aliphatic rings. The topological polar surface area (TPSA) is 47.3 Å². The molecule has 1 saturated carbocycles. The summed E-state index contributed by atoms with van der Waals surface area (Å²) in [6.45, 7) is 4.80. The Morgan fingerprint density at radius 2 is 2.06 bits per heavy atom. The molecule has 3 N–H and O–H groups in total. The fraction of sp³-hybridized carbons (Fsp3) is 0.571. The molecule has 1 aromatic rings. The van der Waals surface area contributed by atoms with Crippen LogP contribution in [0.3, 0.4) is 0 Å². The maximum atomic E-state index is 5.64. The molecule has 94 valence electrons. The summed E-state index contributed by atoms with van der Waals surface area (Å²) in [7, 11) is 0. The fourth-order valence-corrected chi connectivity index (χ4v) is 2.33. The van der Waals surface area contributed by atoms with E-state index in [1.165, 1.54) is 12.0 Å². The smallest absolute Gasteiger partial charge is 0.0639 e. The highest BCUT2D eigenvalue weighted by Gasteiger charge is 2.43. The first-order valence-electron chi connectivity index (χ1n) is 6.35. The molecule has 0 aliphatic heterocycles. The Hall–Kier alpha value is -0.900. The van der Waals surface area contributed by atoms with Crippen LogP contribution in [0.15, 0.2) is 30.3 Å². The van der Waals surface area contributed by atoms with Crippen LogP contribution >= 0.6 is 0 Å². The highest BCUT2D eigenvalue weighted by Crippen LogP contribution is 2.49. The Bertz CT molecular complexity index is 339. The molecule has 3 unspecified atom stereocenters. The number of rotatable bonds is 6. The Morgan fingerprint density at radius 3 is 2.65 bits per heavy atom. The fourth-order valence-electron chi connectivity index (χ4n) is 2.33. The lowest BCUT2D eigenvalue weighted by atomic mass is 10.1. The SMILES string of the molecule is CC(C)OCC(NN)C1CC1c1ccccc1. The molecular weight excluding hydrogens is 212 g/mol. The highest BCUT2D eigenvalue weighted by atomic mass is 16.5. The molecule has 1 aliphatic carbocycles. The van der Waals surface area contributed by atoms with Gasteiger partial charge in [0.1, 0.15) is 0 Å². The number of benzene rings is 1. The Balaban J connectivity index is 1.88. The van der Waals surface area contributed by atoms with Crippen LogP contribution in [0.1, 0.15) is 31.7 Å². The van der Waals surface area contributed by atoms with E-state index in [1.807, 2.05) is 0 Å². The van der Waals surface area contributed by atoms with Gasteiger partial charge >= 0.3 is 0 Å². The summed E-state index contributed by atoms with van der Waals surface area (Å²) >= 11 is 0. The number of hydrogen-bond acceptors (Lipinski definition) is 3. The average Bonchev–Trinajstić information content (AvgIpc) is 3.11. The van der Waals surface area contributed by atoms with Crippen LogP contribution in [0, 0.1) is 5.92 Å². The minimum absolute atomic E-state index is 0.264. The van der Waals surface area contributed by atoms with Gasteiger partial charge < -0.3 is 4.74 Å². The molecule has 17 heavy (non-hydrogen) atoms. The molecule has 1 fully saturated rings. The van der Waals surface area contributed by atoms with Gasteiger partial charge in [-0.15, -0.1) is 0 Å². The third-order valence-electron chi connectivity index (χ3n) is 3.41. The highest BCUT2D eigenvalue weighted by molar-refractivity contribution is 5.26. The first kappa shape index (κ1) is 12.6. The second-order valence-corrected chi connectivity index (χ2v) is 5.07. The van der Waals surface area contributed by atoms with E-state index in [4.69, 9.17) is 10.6 Å². The Labute approximate surface area is 103 Å². The van der Waals surface area contributed by atoms with E-state index in [0.29, 0.717) is 18.4 Å². The van der Waals surface area contributed by atoms with Crippen molar-refractivity contribution in [3.8, 4) is 0 Å². The van der Waals surface area contributed by atoms with Gasteiger partial charge in [-0.05, 0) is 37.7 Å². The zero-order chi connectivity index (χ0) is 12.3. The molecule has 0 bridgehead atoms. The summed E-state index contributed by atoms with van der Waals surface area (Å²) < 4.78 is 5.64. The molecule has 0 saturated heterocycles. The summed E-state index contributed by atoms with van der Waals surface area (Å²) in [6, 6.07) is 10.9. The van der Waals surface area contributed by atoms with Gasteiger partial charge in [-0.3, -0.25) is 11.3 Å². The lowest BCUT2D eigenvalue weighted by Gasteiger charge is -2.18. The van der Waals surface area contributed by atoms with Crippen LogP contribution in [-0.2, 0) is 4.74 Å². The number of nitrogens with two attached hydrogens (primary N) is 1. The molecular formula is C14H22N2O. The first-order valence-corrected chi connectivity index (χ1v) is 6.35. The average molecular weight is 234 g/mol. The standard InChI is InChI=1S/C14H22N2O/c1-10(2)17-9-14(16-15)13-8-12(13)11-6-4-3-5-7-11/h3-7,10,12-14,16H,8-9,15H2,1-2H3. The summed E-state index contributed by atoms with van der Waals surface area (Å²) in [5, 5.41) is 0. The van der Waals surface area contributed by atoms with Gasteiger partial charge in [-0.25, -0.2) is 0 Å². The van der Waals surface area contributed by atoms with Crippen LogP contribution in [0.25, 0.3) is 0 Å². The first-order chi connectivity index (χ1) is 8.22. The molecule has 0 aromatic heterocycles. The van der Waals surface area contributed by atoms with Crippen LogP contribution in [0.5, 0.6) is 0 Å². The van der Waals surface area contributed by atoms with E-state index in [2.05, 4.69) is 49.6 Å². The number of hydrogen-bond donors (Lipinski definition) is 2. The lowest BCUT2D eigenvalue weighted by Crippen LogP contribution is -2.41. The van der Waals surface area contributed by atoms with Gasteiger partial charge in [0, 0.05) is 6.04 Å². The summed E-state index contributed by atoms with van der Waals surface area (Å²) in [6.07, 6.45) is 1.47. The maximum Gasteiger partial charge on any atom is 0.0639 e. The van der Waals surface area contributed by atoms with Crippen molar-refractivity contribution in [3.63, 3.8) is 0 Å². The van der Waals surface area contributed by atoms with Crippen LogP contribution in [-0.4, -0.2) is 18.8 Å². The second kappa shape index (κ2) is 5.63. The van der Waals surface area contributed by atoms with Crippen LogP contribution in [0.2, 0.25) is 0 Å². The third-order valence-corrected chi connectivity index (χ3v) is 3.41. The van der Waals surface area contributed by atoms with Crippen molar-refractivity contribution in [2.24, 2.45) is 11.8 Å². The van der Waals surface area contributed by atoms with Gasteiger partial charge in [-0.1, -0.05) is 30.3 Å². The molecule has 0 spiro atoms. The number of ether oxygens (including phenoxy) is 1. The Morgan fingerprint density at radius 1 is 1.35 bits per heavy atom. The van der Waals surface area contributed by atoms with Crippen molar-refractivity contribution in [3.05, 3.63) is 35.9 Å². The molecule has 0 radical (unpaired) electrons. The van der Waals surface area contributed by atoms with E-state index in [9.17, 15) is 0 Å². The molecule has 1 aromatic carbocycles. The summed E-state index contributed by atoms with van der Waals surface area (Å²) in [5.41, 5.74) is 4.31. The van der Waals surface area contributed by atoms with Gasteiger partial charge in [0.2, 0.25) is 0 Å². The van der Waals surface area contributed by atoms with Crippen molar-refractivity contribution >= 4 is 0 Å². The third kappa shape index (κ3) is 3.28. The molecule has 0 heterocycles. The quantitative estimate of drug-likeness (QED) is 0.585. The van der Waals surface area contributed by atoms with Crippen molar-refractivity contribution in [2.75, 3.05) is 6.61 Å². The van der Waals surface area contributed by atoms with Crippen molar-refractivity contribution in [2.45, 2.75) is 38.3 Å². The minimum atomic E-state index is 0.264. The maximum absolute atomic E-state index is 5.64. The summed E-state index contributed by atoms with van der Waals surface area (Å²) in [5.74, 6) is 6.87. The molecule has 3 heteroatoms. The van der Waals surface area contributed by atoms with E-state index in [1.54, 1.807) is 0 Å². The zero-order valence-corrected chi connectivity index (χ0v) is 10.6. The van der Waals surface area contributed by atoms with Gasteiger partial charge in [-0.2, -0.15) is 0 Å². The predicted octanol–water partition coefficient (Wildman–Crippen LogP) is 2.05. The van der Waals surface area contributed by atoms with Gasteiger partial charge in [0.25, 0.3) is 0 Å². The van der Waals surface area contributed by atoms with Crippen LogP contribution in [0.4, 0.5) is 0 Å². The van der Waals surface area contributed by atoms with Gasteiger partial charge in [0.05, 0.1) is 12.7 Å². The molecule has 0 amide bonds. The predicted molar refractivity (Wildman–Crippen MR) is 69.5 cm³/mol. The zero-order valence-electron chi connectivity index (χ0n) is 10.6. The largest absolute Gasteiger partial charge is 0.377 e. The van der Waals surface area contributed by atoms with E-state index in [0.717, 1.165) is 0 Å². The Kier molecular flexibility index (Phi) is 4.15. The van der Waals surface area contributed by atoms with E-state index in [-0.39, 0.29) is 12.1 Å².